The van der Waals surface area contributed by atoms with E-state index in [2.05, 4.69) is 0 Å². The first kappa shape index (κ1) is 24.4. The molecule has 1 unspecified atom stereocenters. The lowest BCUT2D eigenvalue weighted by atomic mass is 9.78. The minimum absolute atomic E-state index is 0.0296. The Balaban J connectivity index is 1.62. The minimum atomic E-state index is -0.891. The van der Waals surface area contributed by atoms with Crippen molar-refractivity contribution in [2.75, 3.05) is 37.7 Å². The lowest BCUT2D eigenvalue weighted by Crippen LogP contribution is -2.54. The van der Waals surface area contributed by atoms with Gasteiger partial charge in [0.05, 0.1) is 33.9 Å². The van der Waals surface area contributed by atoms with E-state index in [1.54, 1.807) is 22.7 Å². The van der Waals surface area contributed by atoms with E-state index in [9.17, 15) is 19.5 Å². The van der Waals surface area contributed by atoms with E-state index < -0.39 is 22.6 Å². The Hall–Kier alpha value is -2.29. The van der Waals surface area contributed by atoms with E-state index in [1.807, 2.05) is 55.2 Å². The molecule has 0 bridgehead atoms. The van der Waals surface area contributed by atoms with Crippen LogP contribution < -0.4 is 4.90 Å². The Morgan fingerprint density at radius 2 is 1.91 bits per heavy atom. The lowest BCUT2D eigenvalue weighted by molar-refractivity contribution is -0.143. The van der Waals surface area contributed by atoms with Crippen LogP contribution >= 0.6 is 23.4 Å². The number of carbonyl (C=O) groups is 3. The second-order valence-corrected chi connectivity index (χ2v) is 11.5. The van der Waals surface area contributed by atoms with Crippen molar-refractivity contribution in [3.63, 3.8) is 0 Å². The number of aliphatic hydroxyl groups is 1. The van der Waals surface area contributed by atoms with Crippen molar-refractivity contribution in [2.45, 2.75) is 36.3 Å². The van der Waals surface area contributed by atoms with Crippen LogP contribution in [0, 0.1) is 18.8 Å². The van der Waals surface area contributed by atoms with Crippen LogP contribution in [0.3, 0.4) is 0 Å². The third-order valence-electron chi connectivity index (χ3n) is 7.54. The lowest BCUT2D eigenvalue weighted by Gasteiger charge is -2.35. The zero-order valence-electron chi connectivity index (χ0n) is 19.9. The fourth-order valence-electron chi connectivity index (χ4n) is 6.17. The number of benzene rings is 1. The highest BCUT2D eigenvalue weighted by molar-refractivity contribution is 8.02. The molecule has 4 aliphatic rings. The number of anilines is 1. The molecule has 5 rings (SSSR count). The van der Waals surface area contributed by atoms with Crippen molar-refractivity contribution < 1.29 is 19.5 Å². The molecule has 3 amide bonds. The van der Waals surface area contributed by atoms with E-state index in [0.29, 0.717) is 30.3 Å². The summed E-state index contributed by atoms with van der Waals surface area (Å²) in [5.41, 5.74) is 1.49. The number of amides is 3. The van der Waals surface area contributed by atoms with Crippen molar-refractivity contribution in [1.29, 1.82) is 0 Å². The number of thioether (sulfide) groups is 1. The fourth-order valence-corrected chi connectivity index (χ4v) is 8.50. The Morgan fingerprint density at radius 1 is 1.11 bits per heavy atom. The summed E-state index contributed by atoms with van der Waals surface area (Å²) in [6.45, 7) is 5.19. The zero-order chi connectivity index (χ0) is 24.9. The summed E-state index contributed by atoms with van der Waals surface area (Å²) in [5, 5.41) is 10.1. The smallest absolute Gasteiger partial charge is 0.251 e. The first-order chi connectivity index (χ1) is 16.9. The molecule has 186 valence electrons. The van der Waals surface area contributed by atoms with Crippen molar-refractivity contribution >= 4 is 46.8 Å². The molecule has 5 atom stereocenters. The Kier molecular flexibility index (Phi) is 6.48. The van der Waals surface area contributed by atoms with Crippen molar-refractivity contribution in [1.82, 2.24) is 9.80 Å². The van der Waals surface area contributed by atoms with Crippen LogP contribution in [-0.2, 0) is 14.4 Å². The van der Waals surface area contributed by atoms with E-state index in [-0.39, 0.29) is 36.1 Å². The highest BCUT2D eigenvalue weighted by Gasteiger charge is 2.71. The van der Waals surface area contributed by atoms with Gasteiger partial charge in [0.2, 0.25) is 11.8 Å². The van der Waals surface area contributed by atoms with Gasteiger partial charge in [-0.1, -0.05) is 55.0 Å². The number of β-amino-alcohol motifs (C(OH)–C–C–N with tert-alkyl or cyclic N) is 1. The van der Waals surface area contributed by atoms with Gasteiger partial charge in [0, 0.05) is 31.4 Å². The van der Waals surface area contributed by atoms with Crippen molar-refractivity contribution in [3.8, 4) is 0 Å². The molecule has 1 spiro atoms. The maximum absolute atomic E-state index is 14.2. The summed E-state index contributed by atoms with van der Waals surface area (Å²) in [6, 6.07) is 4.67. The Morgan fingerprint density at radius 3 is 2.63 bits per heavy atom. The molecule has 1 aromatic rings. The highest BCUT2D eigenvalue weighted by Crippen LogP contribution is 2.61. The maximum Gasteiger partial charge on any atom is 0.251 e. The Bertz CT molecular complexity index is 1100. The molecule has 2 fully saturated rings. The molecule has 2 saturated heterocycles. The summed E-state index contributed by atoms with van der Waals surface area (Å²) in [4.78, 5) is 46.8. The van der Waals surface area contributed by atoms with Crippen LogP contribution in [-0.4, -0.2) is 81.5 Å². The molecule has 4 aliphatic heterocycles. The Labute approximate surface area is 214 Å². The largest absolute Gasteiger partial charge is 0.395 e. The summed E-state index contributed by atoms with van der Waals surface area (Å²) >= 11 is 8.08. The molecule has 35 heavy (non-hydrogen) atoms. The van der Waals surface area contributed by atoms with E-state index >= 15 is 0 Å². The number of carbonyl (C=O) groups excluding carboxylic acids is 3. The quantitative estimate of drug-likeness (QED) is 0.610. The number of rotatable bonds is 5. The molecule has 7 nitrogen and oxygen atoms in total. The fraction of sp³-hybridized carbons (Fsp3) is 0.500. The zero-order valence-corrected chi connectivity index (χ0v) is 21.5. The molecule has 0 aromatic heterocycles. The molecular formula is C26H30ClN3O4S. The van der Waals surface area contributed by atoms with Crippen LogP contribution in [0.4, 0.5) is 5.69 Å². The average Bonchev–Trinajstić information content (AvgIpc) is 3.13. The topological polar surface area (TPSA) is 81.2 Å². The molecule has 4 heterocycles. The normalized spacial score (nSPS) is 32.0. The second-order valence-electron chi connectivity index (χ2n) is 9.57. The van der Waals surface area contributed by atoms with Gasteiger partial charge in [0.1, 0.15) is 6.04 Å². The van der Waals surface area contributed by atoms with Crippen LogP contribution in [0.15, 0.2) is 42.5 Å². The summed E-state index contributed by atoms with van der Waals surface area (Å²) in [5.74, 6) is -1.72. The van der Waals surface area contributed by atoms with Crippen LogP contribution in [0.1, 0.15) is 18.9 Å². The monoisotopic (exact) mass is 515 g/mol. The molecule has 9 heteroatoms. The van der Waals surface area contributed by atoms with Gasteiger partial charge in [0.15, 0.2) is 0 Å². The predicted octanol–water partition coefficient (Wildman–Crippen LogP) is 2.65. The summed E-state index contributed by atoms with van der Waals surface area (Å²) in [7, 11) is 0. The molecule has 1 aromatic carbocycles. The van der Waals surface area contributed by atoms with Crippen LogP contribution in [0.25, 0.3) is 0 Å². The predicted molar refractivity (Wildman–Crippen MR) is 137 cm³/mol. The first-order valence-corrected chi connectivity index (χ1v) is 13.4. The standard InChI is InChI=1S/C26H30ClN3O4S/c1-3-11-28-12-5-9-18-19(23(28)32)20-24(33)30(14-15-31)22-25(34)29(13-6-10-26(20,22)35-18)21-16(2)7-4-8-17(21)27/h4-10,18-20,22,31H,3,11-15H2,1-2H3/t18-,19+,20-,22?,26-/m0/s1. The highest BCUT2D eigenvalue weighted by atomic mass is 35.5. The second kappa shape index (κ2) is 9.30. The summed E-state index contributed by atoms with van der Waals surface area (Å²) < 4.78 is -0.891. The molecule has 0 radical (unpaired) electrons. The number of nitrogens with zero attached hydrogens (tertiary/aromatic N) is 3. The molecule has 0 aliphatic carbocycles. The van der Waals surface area contributed by atoms with E-state index in [4.69, 9.17) is 11.6 Å². The van der Waals surface area contributed by atoms with Gasteiger partial charge in [-0.05, 0) is 25.0 Å². The third kappa shape index (κ3) is 3.64. The molecule has 0 saturated carbocycles. The SMILES string of the molecule is CCCN1CC=C[C@@H]2S[C@]34C=CCN(c5c(C)cccc5Cl)C(=O)C3N(CCO)C(=O)[C@@H]4[C@@H]2C1=O. The van der Waals surface area contributed by atoms with Gasteiger partial charge >= 0.3 is 0 Å². The first-order valence-electron chi connectivity index (χ1n) is 12.1. The third-order valence-corrected chi connectivity index (χ3v) is 9.58. The van der Waals surface area contributed by atoms with Crippen molar-refractivity contribution in [3.05, 3.63) is 53.1 Å². The van der Waals surface area contributed by atoms with Gasteiger partial charge in [-0.25, -0.2) is 0 Å². The summed E-state index contributed by atoms with van der Waals surface area (Å²) in [6.07, 6.45) is 8.79. The van der Waals surface area contributed by atoms with Gasteiger partial charge in [-0.3, -0.25) is 14.4 Å². The molecular weight excluding hydrogens is 486 g/mol. The van der Waals surface area contributed by atoms with Crippen molar-refractivity contribution in [2.24, 2.45) is 11.8 Å². The van der Waals surface area contributed by atoms with Crippen LogP contribution in [0.5, 0.6) is 0 Å². The number of likely N-dealkylation sites (tertiary alicyclic amines) is 1. The number of halogens is 1. The van der Waals surface area contributed by atoms with E-state index in [0.717, 1.165) is 12.0 Å². The van der Waals surface area contributed by atoms with Gasteiger partial charge in [0.25, 0.3) is 5.91 Å². The van der Waals surface area contributed by atoms with Crippen LogP contribution in [0.2, 0.25) is 5.02 Å². The number of aliphatic hydroxyl groups excluding tert-OH is 1. The minimum Gasteiger partial charge on any atom is -0.395 e. The average molecular weight is 516 g/mol. The number of para-hydroxylation sites is 1. The van der Waals surface area contributed by atoms with Gasteiger partial charge in [-0.2, -0.15) is 0 Å². The molecule has 1 N–H and O–H groups in total. The number of hydrogen-bond acceptors (Lipinski definition) is 5. The van der Waals surface area contributed by atoms with Gasteiger partial charge < -0.3 is 19.8 Å². The maximum atomic E-state index is 14.2. The van der Waals surface area contributed by atoms with E-state index in [1.165, 1.54) is 4.90 Å². The number of aryl methyl sites for hydroxylation is 1. The number of fused-ring (bicyclic) bond motifs is 2. The number of hydrogen-bond donors (Lipinski definition) is 1. The van der Waals surface area contributed by atoms with Gasteiger partial charge in [-0.15, -0.1) is 11.8 Å².